The molecule has 0 bridgehead atoms. The highest BCUT2D eigenvalue weighted by Gasteiger charge is 2.11. The second-order valence-corrected chi connectivity index (χ2v) is 4.73. The van der Waals surface area contributed by atoms with Crippen molar-refractivity contribution in [2.24, 2.45) is 0 Å². The Morgan fingerprint density at radius 3 is 2.95 bits per heavy atom. The minimum Gasteiger partial charge on any atom is -0.262 e. The Morgan fingerprint density at radius 2 is 2.05 bits per heavy atom. The molecule has 3 heterocycles. The van der Waals surface area contributed by atoms with Gasteiger partial charge in [0.05, 0.1) is 29.8 Å². The van der Waals surface area contributed by atoms with Gasteiger partial charge in [-0.3, -0.25) is 4.98 Å². The predicted octanol–water partition coefficient (Wildman–Crippen LogP) is 2.33. The van der Waals surface area contributed by atoms with E-state index in [-0.39, 0.29) is 0 Å². The molecule has 4 rings (SSSR count). The van der Waals surface area contributed by atoms with Gasteiger partial charge >= 0.3 is 0 Å². The third-order valence-corrected chi connectivity index (χ3v) is 3.51. The van der Waals surface area contributed by atoms with Crippen LogP contribution in [0.2, 0.25) is 0 Å². The molecule has 0 unspecified atom stereocenters. The number of nitrogens with zero attached hydrogens (tertiary/aromatic N) is 6. The summed E-state index contributed by atoms with van der Waals surface area (Å²) in [4.78, 5) is 4.08. The zero-order valence-corrected chi connectivity index (χ0v) is 11.0. The lowest BCUT2D eigenvalue weighted by Crippen LogP contribution is -1.94. The van der Waals surface area contributed by atoms with E-state index < -0.39 is 0 Å². The molecule has 20 heavy (non-hydrogen) atoms. The highest BCUT2D eigenvalue weighted by Crippen LogP contribution is 2.25. The Kier molecular flexibility index (Phi) is 2.49. The maximum Gasteiger partial charge on any atom is 0.115 e. The summed E-state index contributed by atoms with van der Waals surface area (Å²) in [5, 5.41) is 8.35. The molecule has 0 saturated carbocycles. The fraction of sp³-hybridized carbons (Fsp3) is 0. The Balaban J connectivity index is 1.84. The van der Waals surface area contributed by atoms with E-state index in [4.69, 9.17) is 0 Å². The first-order valence-corrected chi connectivity index (χ1v) is 6.69. The van der Waals surface area contributed by atoms with Gasteiger partial charge in [-0.05, 0) is 18.2 Å². The molecule has 0 atom stereocenters. The van der Waals surface area contributed by atoms with Crippen LogP contribution in [0, 0.1) is 0 Å². The highest BCUT2D eigenvalue weighted by atomic mass is 32.1. The van der Waals surface area contributed by atoms with Crippen LogP contribution >= 0.6 is 11.7 Å². The van der Waals surface area contributed by atoms with Crippen LogP contribution in [-0.2, 0) is 0 Å². The maximum atomic E-state index is 4.32. The highest BCUT2D eigenvalue weighted by molar-refractivity contribution is 7.00. The lowest BCUT2D eigenvalue weighted by Gasteiger charge is -1.97. The molecular formula is C13H8N6S. The van der Waals surface area contributed by atoms with Gasteiger partial charge < -0.3 is 0 Å². The molecule has 96 valence electrons. The van der Waals surface area contributed by atoms with E-state index in [9.17, 15) is 0 Å². The number of hydrogen-bond acceptors (Lipinski definition) is 6. The fourth-order valence-electron chi connectivity index (χ4n) is 2.02. The van der Waals surface area contributed by atoms with Gasteiger partial charge in [0.1, 0.15) is 16.7 Å². The first-order valence-electron chi connectivity index (χ1n) is 5.96. The van der Waals surface area contributed by atoms with E-state index >= 15 is 0 Å². The molecule has 7 heteroatoms. The van der Waals surface area contributed by atoms with Crippen LogP contribution in [0.15, 0.2) is 48.9 Å². The summed E-state index contributed by atoms with van der Waals surface area (Å²) in [5.74, 6) is 0. The summed E-state index contributed by atoms with van der Waals surface area (Å²) >= 11 is 1.20. The van der Waals surface area contributed by atoms with Gasteiger partial charge in [-0.2, -0.15) is 8.75 Å². The van der Waals surface area contributed by atoms with Crippen LogP contribution in [0.1, 0.15) is 0 Å². The molecule has 0 saturated heterocycles. The molecule has 1 aromatic carbocycles. The third kappa shape index (κ3) is 1.76. The average Bonchev–Trinajstić information content (AvgIpc) is 3.17. The summed E-state index contributed by atoms with van der Waals surface area (Å²) in [6.45, 7) is 0. The van der Waals surface area contributed by atoms with Crippen molar-refractivity contribution in [3.8, 4) is 16.9 Å². The van der Waals surface area contributed by atoms with Gasteiger partial charge in [-0.15, -0.1) is 5.10 Å². The lowest BCUT2D eigenvalue weighted by atomic mass is 10.1. The fourth-order valence-corrected chi connectivity index (χ4v) is 2.57. The molecule has 0 aliphatic carbocycles. The molecule has 4 aromatic rings. The van der Waals surface area contributed by atoms with Crippen molar-refractivity contribution >= 4 is 22.8 Å². The smallest absolute Gasteiger partial charge is 0.115 e. The van der Waals surface area contributed by atoms with Crippen molar-refractivity contribution in [3.05, 3.63) is 48.9 Å². The van der Waals surface area contributed by atoms with E-state index in [1.54, 1.807) is 17.1 Å². The monoisotopic (exact) mass is 280 g/mol. The van der Waals surface area contributed by atoms with Crippen LogP contribution in [-0.4, -0.2) is 28.7 Å². The largest absolute Gasteiger partial charge is 0.262 e. The standard InChI is InChI=1S/C13H8N6S/c1-4-10(13-11(5-1)16-20-17-13)12-8-19(18-15-12)9-3-2-6-14-7-9/h1-8H. The Hall–Kier alpha value is -2.67. The number of fused-ring (bicyclic) bond motifs is 1. The van der Waals surface area contributed by atoms with E-state index in [0.717, 1.165) is 28.0 Å². The number of pyridine rings is 1. The second kappa shape index (κ2) is 4.46. The molecule has 0 radical (unpaired) electrons. The van der Waals surface area contributed by atoms with Gasteiger partial charge in [0.15, 0.2) is 0 Å². The van der Waals surface area contributed by atoms with Crippen LogP contribution in [0.4, 0.5) is 0 Å². The quantitative estimate of drug-likeness (QED) is 0.563. The van der Waals surface area contributed by atoms with Crippen molar-refractivity contribution in [3.63, 3.8) is 0 Å². The minimum atomic E-state index is 0.771. The molecule has 6 nitrogen and oxygen atoms in total. The number of benzene rings is 1. The van der Waals surface area contributed by atoms with Gasteiger partial charge in [0, 0.05) is 11.8 Å². The predicted molar refractivity (Wildman–Crippen MR) is 75.6 cm³/mol. The molecule has 3 aromatic heterocycles. The molecule has 0 aliphatic heterocycles. The second-order valence-electron chi connectivity index (χ2n) is 4.20. The zero-order chi connectivity index (χ0) is 13.4. The Bertz CT molecular complexity index is 867. The summed E-state index contributed by atoms with van der Waals surface area (Å²) in [6.07, 6.45) is 5.33. The number of aromatic nitrogens is 6. The average molecular weight is 280 g/mol. The number of rotatable bonds is 2. The molecule has 0 N–H and O–H groups in total. The summed E-state index contributed by atoms with van der Waals surface area (Å²) in [5.41, 5.74) is 4.31. The first kappa shape index (κ1) is 11.2. The van der Waals surface area contributed by atoms with Gasteiger partial charge in [0.2, 0.25) is 0 Å². The third-order valence-electron chi connectivity index (χ3n) is 2.97. The van der Waals surface area contributed by atoms with Crippen molar-refractivity contribution in [1.82, 2.24) is 28.7 Å². The van der Waals surface area contributed by atoms with Crippen LogP contribution in [0.3, 0.4) is 0 Å². The summed E-state index contributed by atoms with van der Waals surface area (Å²) in [7, 11) is 0. The molecule has 0 fully saturated rings. The topological polar surface area (TPSA) is 69.4 Å². The summed E-state index contributed by atoms with van der Waals surface area (Å²) < 4.78 is 10.2. The van der Waals surface area contributed by atoms with Crippen molar-refractivity contribution in [1.29, 1.82) is 0 Å². The van der Waals surface area contributed by atoms with Gasteiger partial charge in [-0.1, -0.05) is 17.3 Å². The maximum absolute atomic E-state index is 4.32. The number of hydrogen-bond donors (Lipinski definition) is 0. The summed E-state index contributed by atoms with van der Waals surface area (Å²) in [6, 6.07) is 9.65. The lowest BCUT2D eigenvalue weighted by molar-refractivity contribution is 0.800. The van der Waals surface area contributed by atoms with Crippen molar-refractivity contribution < 1.29 is 0 Å². The van der Waals surface area contributed by atoms with Gasteiger partial charge in [-0.25, -0.2) is 4.68 Å². The van der Waals surface area contributed by atoms with Crippen LogP contribution in [0.25, 0.3) is 28.0 Å². The van der Waals surface area contributed by atoms with E-state index in [0.29, 0.717) is 0 Å². The minimum absolute atomic E-state index is 0.771. The van der Waals surface area contributed by atoms with E-state index in [2.05, 4.69) is 24.0 Å². The first-order chi connectivity index (χ1) is 9.92. The van der Waals surface area contributed by atoms with Crippen LogP contribution < -0.4 is 0 Å². The van der Waals surface area contributed by atoms with E-state index in [1.165, 1.54) is 11.7 Å². The van der Waals surface area contributed by atoms with Crippen molar-refractivity contribution in [2.45, 2.75) is 0 Å². The molecule has 0 aliphatic rings. The van der Waals surface area contributed by atoms with E-state index in [1.807, 2.05) is 36.5 Å². The zero-order valence-electron chi connectivity index (χ0n) is 10.2. The normalized spacial score (nSPS) is 11.0. The van der Waals surface area contributed by atoms with Crippen LogP contribution in [0.5, 0.6) is 0 Å². The Labute approximate surface area is 118 Å². The van der Waals surface area contributed by atoms with Gasteiger partial charge in [0.25, 0.3) is 0 Å². The SMILES string of the molecule is c1cncc(-n2cc(-c3cccc4nsnc34)nn2)c1. The molecule has 0 amide bonds. The Morgan fingerprint density at radius 1 is 1.05 bits per heavy atom. The molecular weight excluding hydrogens is 272 g/mol. The van der Waals surface area contributed by atoms with Crippen molar-refractivity contribution in [2.75, 3.05) is 0 Å². The molecule has 0 spiro atoms.